The SMILES string of the molecule is COC1C=Cc2c(c(C=C(C)[N+](=O)[O-])c3n2CCCC3)C1. The minimum atomic E-state index is -0.314. The smallest absolute Gasteiger partial charge is 0.243 e. The number of aromatic nitrogens is 1. The number of fused-ring (bicyclic) bond motifs is 3. The van der Waals surface area contributed by atoms with Crippen molar-refractivity contribution in [3.63, 3.8) is 0 Å². The topological polar surface area (TPSA) is 57.3 Å². The van der Waals surface area contributed by atoms with E-state index in [2.05, 4.69) is 16.7 Å². The zero-order valence-electron chi connectivity index (χ0n) is 12.5. The van der Waals surface area contributed by atoms with Crippen LogP contribution in [0, 0.1) is 10.1 Å². The molecule has 1 aromatic rings. The minimum absolute atomic E-state index is 0.0602. The Morgan fingerprint density at radius 1 is 1.52 bits per heavy atom. The second-order valence-corrected chi connectivity index (χ2v) is 5.71. The summed E-state index contributed by atoms with van der Waals surface area (Å²) in [5.41, 5.74) is 4.89. The summed E-state index contributed by atoms with van der Waals surface area (Å²) >= 11 is 0. The van der Waals surface area contributed by atoms with E-state index in [1.54, 1.807) is 20.1 Å². The third kappa shape index (κ3) is 2.42. The lowest BCUT2D eigenvalue weighted by atomic mass is 9.96. The number of rotatable bonds is 3. The Balaban J connectivity index is 2.15. The molecule has 1 aromatic heterocycles. The monoisotopic (exact) mass is 288 g/mol. The van der Waals surface area contributed by atoms with Crippen LogP contribution in [0.2, 0.25) is 0 Å². The summed E-state index contributed by atoms with van der Waals surface area (Å²) in [5, 5.41) is 11.0. The summed E-state index contributed by atoms with van der Waals surface area (Å²) in [5.74, 6) is 0. The Morgan fingerprint density at radius 2 is 2.33 bits per heavy atom. The van der Waals surface area contributed by atoms with E-state index in [-0.39, 0.29) is 16.7 Å². The summed E-state index contributed by atoms with van der Waals surface area (Å²) in [4.78, 5) is 10.7. The summed E-state index contributed by atoms with van der Waals surface area (Å²) in [6.45, 7) is 2.57. The molecule has 2 heterocycles. The summed E-state index contributed by atoms with van der Waals surface area (Å²) in [6.07, 6.45) is 10.1. The number of nitro groups is 1. The summed E-state index contributed by atoms with van der Waals surface area (Å²) in [6, 6.07) is 0. The van der Waals surface area contributed by atoms with Crippen LogP contribution in [0.25, 0.3) is 12.2 Å². The molecule has 1 atom stereocenters. The molecule has 0 bridgehead atoms. The molecular formula is C16H20N2O3. The van der Waals surface area contributed by atoms with Gasteiger partial charge in [-0.05, 0) is 30.9 Å². The lowest BCUT2D eigenvalue weighted by molar-refractivity contribution is -0.422. The van der Waals surface area contributed by atoms with Crippen LogP contribution in [-0.4, -0.2) is 22.7 Å². The van der Waals surface area contributed by atoms with Crippen LogP contribution >= 0.6 is 0 Å². The van der Waals surface area contributed by atoms with E-state index >= 15 is 0 Å². The van der Waals surface area contributed by atoms with Gasteiger partial charge >= 0.3 is 0 Å². The molecule has 1 aliphatic heterocycles. The Morgan fingerprint density at radius 3 is 3.05 bits per heavy atom. The zero-order chi connectivity index (χ0) is 15.0. The first-order valence-electron chi connectivity index (χ1n) is 7.39. The molecule has 1 unspecified atom stereocenters. The second kappa shape index (κ2) is 5.48. The molecule has 5 heteroatoms. The molecule has 0 fully saturated rings. The molecule has 1 aliphatic carbocycles. The molecule has 0 N–H and O–H groups in total. The van der Waals surface area contributed by atoms with Gasteiger partial charge in [0, 0.05) is 50.0 Å². The predicted octanol–water partition coefficient (Wildman–Crippen LogP) is 3.05. The first-order valence-corrected chi connectivity index (χ1v) is 7.39. The molecule has 0 radical (unpaired) electrons. The van der Waals surface area contributed by atoms with Gasteiger partial charge in [0.1, 0.15) is 0 Å². The molecule has 0 amide bonds. The van der Waals surface area contributed by atoms with E-state index in [9.17, 15) is 10.1 Å². The second-order valence-electron chi connectivity index (χ2n) is 5.71. The highest BCUT2D eigenvalue weighted by atomic mass is 16.6. The summed E-state index contributed by atoms with van der Waals surface area (Å²) < 4.78 is 7.77. The van der Waals surface area contributed by atoms with Crippen LogP contribution in [0.3, 0.4) is 0 Å². The molecule has 112 valence electrons. The molecular weight excluding hydrogens is 268 g/mol. The van der Waals surface area contributed by atoms with E-state index in [0.29, 0.717) is 0 Å². The Labute approximate surface area is 124 Å². The van der Waals surface area contributed by atoms with Crippen molar-refractivity contribution in [2.45, 2.75) is 45.3 Å². The summed E-state index contributed by atoms with van der Waals surface area (Å²) in [7, 11) is 1.70. The predicted molar refractivity (Wildman–Crippen MR) is 81.6 cm³/mol. The number of ether oxygens (including phenoxy) is 1. The van der Waals surface area contributed by atoms with Gasteiger partial charge in [-0.2, -0.15) is 0 Å². The van der Waals surface area contributed by atoms with E-state index in [0.717, 1.165) is 31.4 Å². The van der Waals surface area contributed by atoms with Crippen molar-refractivity contribution in [1.29, 1.82) is 0 Å². The van der Waals surface area contributed by atoms with Crippen molar-refractivity contribution in [3.05, 3.63) is 44.4 Å². The number of hydrogen-bond acceptors (Lipinski definition) is 3. The fourth-order valence-corrected chi connectivity index (χ4v) is 3.32. The molecule has 3 rings (SSSR count). The van der Waals surface area contributed by atoms with E-state index in [1.807, 2.05) is 0 Å². The van der Waals surface area contributed by atoms with Crippen LogP contribution in [0.1, 0.15) is 42.3 Å². The van der Waals surface area contributed by atoms with Crippen molar-refractivity contribution in [2.24, 2.45) is 0 Å². The van der Waals surface area contributed by atoms with Crippen LogP contribution in [0.4, 0.5) is 0 Å². The first-order chi connectivity index (χ1) is 10.1. The average Bonchev–Trinajstić information content (AvgIpc) is 2.81. The van der Waals surface area contributed by atoms with Gasteiger partial charge in [-0.3, -0.25) is 10.1 Å². The fraction of sp³-hybridized carbons (Fsp3) is 0.500. The number of allylic oxidation sites excluding steroid dienone is 1. The lowest BCUT2D eigenvalue weighted by Crippen LogP contribution is -2.16. The largest absolute Gasteiger partial charge is 0.377 e. The maximum absolute atomic E-state index is 11.0. The fourth-order valence-electron chi connectivity index (χ4n) is 3.32. The highest BCUT2D eigenvalue weighted by Crippen LogP contribution is 2.34. The highest BCUT2D eigenvalue weighted by Gasteiger charge is 2.27. The molecule has 0 aromatic carbocycles. The molecule has 21 heavy (non-hydrogen) atoms. The molecule has 5 nitrogen and oxygen atoms in total. The Hall–Kier alpha value is -1.88. The zero-order valence-corrected chi connectivity index (χ0v) is 12.5. The van der Waals surface area contributed by atoms with Gasteiger partial charge in [-0.15, -0.1) is 0 Å². The quantitative estimate of drug-likeness (QED) is 0.634. The Bertz CT molecular complexity index is 640. The van der Waals surface area contributed by atoms with Crippen LogP contribution in [0.15, 0.2) is 11.8 Å². The normalized spacial score (nSPS) is 21.0. The lowest BCUT2D eigenvalue weighted by Gasteiger charge is -2.19. The standard InChI is InChI=1S/C16H20N2O3/c1-11(18(19)20)9-13-14-10-12(21-2)6-7-16(14)17-8-4-3-5-15(13)17/h6-7,9,12H,3-5,8,10H2,1-2H3. The average molecular weight is 288 g/mol. The number of nitrogens with zero attached hydrogens (tertiary/aromatic N) is 2. The molecule has 0 spiro atoms. The van der Waals surface area contributed by atoms with Gasteiger partial charge in [-0.1, -0.05) is 6.08 Å². The molecule has 2 aliphatic rings. The Kier molecular flexibility index (Phi) is 3.68. The van der Waals surface area contributed by atoms with Gasteiger partial charge in [0.15, 0.2) is 0 Å². The molecule has 0 saturated heterocycles. The van der Waals surface area contributed by atoms with E-state index in [1.165, 1.54) is 23.4 Å². The van der Waals surface area contributed by atoms with Crippen molar-refractivity contribution in [3.8, 4) is 0 Å². The van der Waals surface area contributed by atoms with Crippen molar-refractivity contribution in [1.82, 2.24) is 4.57 Å². The van der Waals surface area contributed by atoms with Gasteiger partial charge in [-0.25, -0.2) is 0 Å². The van der Waals surface area contributed by atoms with Gasteiger partial charge < -0.3 is 9.30 Å². The third-order valence-electron chi connectivity index (χ3n) is 4.43. The maximum atomic E-state index is 11.0. The molecule has 0 saturated carbocycles. The van der Waals surface area contributed by atoms with Crippen molar-refractivity contribution >= 4 is 12.2 Å². The van der Waals surface area contributed by atoms with E-state index in [4.69, 9.17) is 4.74 Å². The maximum Gasteiger partial charge on any atom is 0.243 e. The van der Waals surface area contributed by atoms with Crippen LogP contribution < -0.4 is 0 Å². The van der Waals surface area contributed by atoms with Crippen LogP contribution in [-0.2, 0) is 24.1 Å². The van der Waals surface area contributed by atoms with Crippen molar-refractivity contribution < 1.29 is 9.66 Å². The van der Waals surface area contributed by atoms with Crippen LogP contribution in [0.5, 0.6) is 0 Å². The van der Waals surface area contributed by atoms with Gasteiger partial charge in [0.25, 0.3) is 0 Å². The van der Waals surface area contributed by atoms with E-state index < -0.39 is 0 Å². The number of methoxy groups -OCH3 is 1. The van der Waals surface area contributed by atoms with Gasteiger partial charge in [0.2, 0.25) is 5.70 Å². The van der Waals surface area contributed by atoms with Gasteiger partial charge in [0.05, 0.1) is 11.0 Å². The number of hydrogen-bond donors (Lipinski definition) is 0. The highest BCUT2D eigenvalue weighted by molar-refractivity contribution is 5.68. The minimum Gasteiger partial charge on any atom is -0.377 e. The van der Waals surface area contributed by atoms with Crippen molar-refractivity contribution in [2.75, 3.05) is 7.11 Å². The third-order valence-corrected chi connectivity index (χ3v) is 4.43. The first kappa shape index (κ1) is 14.1.